The van der Waals surface area contributed by atoms with E-state index in [1.54, 1.807) is 12.1 Å². The van der Waals surface area contributed by atoms with Gasteiger partial charge in [-0.25, -0.2) is 9.71 Å². The van der Waals surface area contributed by atoms with Gasteiger partial charge in [-0.05, 0) is 17.7 Å². The molecule has 1 aromatic rings. The van der Waals surface area contributed by atoms with Crippen LogP contribution in [0.1, 0.15) is 5.56 Å². The van der Waals surface area contributed by atoms with E-state index in [0.717, 1.165) is 18.7 Å². The summed E-state index contributed by atoms with van der Waals surface area (Å²) in [5.41, 5.74) is 1.01. The SMILES string of the molecule is Fc1ccc(COC2C[N]C2)cc1. The molecule has 1 heterocycles. The Balaban J connectivity index is 1.83. The number of rotatable bonds is 3. The van der Waals surface area contributed by atoms with E-state index in [9.17, 15) is 4.39 Å². The number of nitrogens with zero attached hydrogens (tertiary/aromatic N) is 1. The molecule has 1 aromatic carbocycles. The summed E-state index contributed by atoms with van der Waals surface area (Å²) >= 11 is 0. The molecule has 1 aliphatic rings. The lowest BCUT2D eigenvalue weighted by atomic mass is 10.2. The van der Waals surface area contributed by atoms with Crippen LogP contribution < -0.4 is 5.32 Å². The van der Waals surface area contributed by atoms with Crippen LogP contribution in [0.2, 0.25) is 0 Å². The normalized spacial score (nSPS) is 17.0. The highest BCUT2D eigenvalue weighted by Crippen LogP contribution is 2.08. The van der Waals surface area contributed by atoms with Crippen LogP contribution in [-0.4, -0.2) is 19.2 Å². The molecule has 0 saturated carbocycles. The van der Waals surface area contributed by atoms with Crippen molar-refractivity contribution in [1.29, 1.82) is 0 Å². The lowest BCUT2D eigenvalue weighted by molar-refractivity contribution is 0.00557. The first-order chi connectivity index (χ1) is 6.34. The van der Waals surface area contributed by atoms with Crippen molar-refractivity contribution in [2.24, 2.45) is 0 Å². The van der Waals surface area contributed by atoms with E-state index < -0.39 is 0 Å². The third-order valence-corrected chi connectivity index (χ3v) is 2.06. The van der Waals surface area contributed by atoms with Crippen LogP contribution in [0.3, 0.4) is 0 Å². The molecule has 0 aromatic heterocycles. The van der Waals surface area contributed by atoms with Gasteiger partial charge >= 0.3 is 0 Å². The fourth-order valence-corrected chi connectivity index (χ4v) is 1.13. The maximum absolute atomic E-state index is 12.5. The first-order valence-corrected chi connectivity index (χ1v) is 4.34. The van der Waals surface area contributed by atoms with E-state index in [1.165, 1.54) is 12.1 Å². The Labute approximate surface area is 76.7 Å². The van der Waals surface area contributed by atoms with E-state index in [1.807, 2.05) is 0 Å². The van der Waals surface area contributed by atoms with Crippen molar-refractivity contribution in [2.75, 3.05) is 13.1 Å². The maximum atomic E-state index is 12.5. The molecular weight excluding hydrogens is 169 g/mol. The maximum Gasteiger partial charge on any atom is 0.123 e. The van der Waals surface area contributed by atoms with E-state index in [-0.39, 0.29) is 11.9 Å². The molecule has 3 heteroatoms. The number of halogens is 1. The van der Waals surface area contributed by atoms with Crippen LogP contribution in [0.25, 0.3) is 0 Å². The molecule has 1 saturated heterocycles. The summed E-state index contributed by atoms with van der Waals surface area (Å²) in [5, 5.41) is 4.04. The predicted molar refractivity (Wildman–Crippen MR) is 46.8 cm³/mol. The van der Waals surface area contributed by atoms with Gasteiger partial charge in [0.1, 0.15) is 5.82 Å². The summed E-state index contributed by atoms with van der Waals surface area (Å²) in [5.74, 6) is -0.206. The van der Waals surface area contributed by atoms with Gasteiger partial charge in [0, 0.05) is 13.1 Å². The van der Waals surface area contributed by atoms with Crippen molar-refractivity contribution in [3.05, 3.63) is 35.6 Å². The van der Waals surface area contributed by atoms with Gasteiger partial charge in [-0.3, -0.25) is 0 Å². The standard InChI is InChI=1S/C10H11FNO/c11-9-3-1-8(2-4-9)7-13-10-5-12-6-10/h1-4,10H,5-7H2. The Morgan fingerprint density at radius 1 is 1.31 bits per heavy atom. The van der Waals surface area contributed by atoms with Crippen LogP contribution in [0.5, 0.6) is 0 Å². The van der Waals surface area contributed by atoms with Crippen LogP contribution in [-0.2, 0) is 11.3 Å². The second-order valence-corrected chi connectivity index (χ2v) is 3.15. The summed E-state index contributed by atoms with van der Waals surface area (Å²) in [6, 6.07) is 6.38. The van der Waals surface area contributed by atoms with Crippen molar-refractivity contribution in [3.8, 4) is 0 Å². The van der Waals surface area contributed by atoms with Crippen LogP contribution in [0.4, 0.5) is 4.39 Å². The molecule has 0 bridgehead atoms. The van der Waals surface area contributed by atoms with Crippen LogP contribution in [0.15, 0.2) is 24.3 Å². The second kappa shape index (κ2) is 3.85. The average Bonchev–Trinajstić information content (AvgIpc) is 2.05. The van der Waals surface area contributed by atoms with Gasteiger partial charge in [0.05, 0.1) is 12.7 Å². The zero-order valence-corrected chi connectivity index (χ0v) is 7.24. The van der Waals surface area contributed by atoms with Gasteiger partial charge in [0.15, 0.2) is 0 Å². The lowest BCUT2D eigenvalue weighted by Gasteiger charge is -2.25. The summed E-state index contributed by atoms with van der Waals surface area (Å²) in [7, 11) is 0. The number of ether oxygens (including phenoxy) is 1. The minimum atomic E-state index is -0.206. The first-order valence-electron chi connectivity index (χ1n) is 4.34. The Kier molecular flexibility index (Phi) is 2.57. The molecule has 2 rings (SSSR count). The Morgan fingerprint density at radius 3 is 2.54 bits per heavy atom. The largest absolute Gasteiger partial charge is 0.371 e. The van der Waals surface area contributed by atoms with Crippen LogP contribution in [0, 0.1) is 5.82 Å². The topological polar surface area (TPSA) is 23.3 Å². The summed E-state index contributed by atoms with van der Waals surface area (Å²) in [6.07, 6.45) is 0.282. The van der Waals surface area contributed by atoms with Crippen molar-refractivity contribution < 1.29 is 9.13 Å². The van der Waals surface area contributed by atoms with Crippen molar-refractivity contribution in [3.63, 3.8) is 0 Å². The molecule has 1 radical (unpaired) electrons. The van der Waals surface area contributed by atoms with Gasteiger partial charge in [-0.1, -0.05) is 12.1 Å². The molecule has 0 aliphatic carbocycles. The Hall–Kier alpha value is -0.930. The minimum absolute atomic E-state index is 0.206. The Bertz CT molecular complexity index is 269. The lowest BCUT2D eigenvalue weighted by Crippen LogP contribution is -2.43. The molecule has 2 nitrogen and oxygen atoms in total. The fraction of sp³-hybridized carbons (Fsp3) is 0.400. The van der Waals surface area contributed by atoms with E-state index >= 15 is 0 Å². The van der Waals surface area contributed by atoms with Gasteiger partial charge in [-0.2, -0.15) is 0 Å². The van der Waals surface area contributed by atoms with Crippen molar-refractivity contribution in [2.45, 2.75) is 12.7 Å². The predicted octanol–water partition coefficient (Wildman–Crippen LogP) is 1.33. The zero-order chi connectivity index (χ0) is 9.10. The molecule has 13 heavy (non-hydrogen) atoms. The third kappa shape index (κ3) is 2.26. The van der Waals surface area contributed by atoms with E-state index in [2.05, 4.69) is 5.32 Å². The fourth-order valence-electron chi connectivity index (χ4n) is 1.13. The summed E-state index contributed by atoms with van der Waals surface area (Å²) < 4.78 is 18.0. The van der Waals surface area contributed by atoms with Gasteiger partial charge in [0.25, 0.3) is 0 Å². The van der Waals surface area contributed by atoms with E-state index in [4.69, 9.17) is 4.74 Å². The molecule has 0 N–H and O–H groups in total. The zero-order valence-electron chi connectivity index (χ0n) is 7.24. The Morgan fingerprint density at radius 2 is 2.00 bits per heavy atom. The quantitative estimate of drug-likeness (QED) is 0.688. The molecular formula is C10H11FNO. The molecule has 1 aliphatic heterocycles. The summed E-state index contributed by atoms with van der Waals surface area (Å²) in [4.78, 5) is 0. The highest BCUT2D eigenvalue weighted by Gasteiger charge is 2.18. The second-order valence-electron chi connectivity index (χ2n) is 3.15. The van der Waals surface area contributed by atoms with Crippen molar-refractivity contribution in [1.82, 2.24) is 5.32 Å². The molecule has 0 spiro atoms. The number of benzene rings is 1. The smallest absolute Gasteiger partial charge is 0.123 e. The molecule has 0 unspecified atom stereocenters. The summed E-state index contributed by atoms with van der Waals surface area (Å²) in [6.45, 7) is 2.17. The van der Waals surface area contributed by atoms with E-state index in [0.29, 0.717) is 6.61 Å². The first kappa shape index (κ1) is 8.66. The third-order valence-electron chi connectivity index (χ3n) is 2.06. The molecule has 1 fully saturated rings. The van der Waals surface area contributed by atoms with Gasteiger partial charge in [0.2, 0.25) is 0 Å². The molecule has 0 atom stereocenters. The number of hydrogen-bond acceptors (Lipinski definition) is 1. The van der Waals surface area contributed by atoms with Gasteiger partial charge in [-0.15, -0.1) is 0 Å². The molecule has 0 amide bonds. The average molecular weight is 180 g/mol. The molecule has 69 valence electrons. The highest BCUT2D eigenvalue weighted by atomic mass is 19.1. The van der Waals surface area contributed by atoms with Gasteiger partial charge < -0.3 is 4.74 Å². The van der Waals surface area contributed by atoms with Crippen LogP contribution >= 0.6 is 0 Å². The minimum Gasteiger partial charge on any atom is -0.371 e. The van der Waals surface area contributed by atoms with Crippen molar-refractivity contribution >= 4 is 0 Å². The number of hydrogen-bond donors (Lipinski definition) is 0. The monoisotopic (exact) mass is 180 g/mol. The highest BCUT2D eigenvalue weighted by molar-refractivity contribution is 5.15.